The van der Waals surface area contributed by atoms with E-state index >= 15 is 0 Å². The average Bonchev–Trinajstić information content (AvgIpc) is 2.86. The Morgan fingerprint density at radius 1 is 1.27 bits per heavy atom. The molecular weight excluding hydrogens is 284 g/mol. The lowest BCUT2D eigenvalue weighted by molar-refractivity contribution is -0.146. The van der Waals surface area contributed by atoms with Crippen LogP contribution in [0.5, 0.6) is 0 Å². The third-order valence-corrected chi connectivity index (χ3v) is 4.95. The van der Waals surface area contributed by atoms with Crippen LogP contribution in [-0.2, 0) is 14.4 Å². The van der Waals surface area contributed by atoms with Gasteiger partial charge >= 0.3 is 5.97 Å². The van der Waals surface area contributed by atoms with Crippen molar-refractivity contribution in [3.8, 4) is 0 Å². The van der Waals surface area contributed by atoms with Gasteiger partial charge in [0.1, 0.15) is 6.54 Å². The lowest BCUT2D eigenvalue weighted by atomic mass is 9.86. The van der Waals surface area contributed by atoms with Crippen molar-refractivity contribution in [1.82, 2.24) is 9.80 Å². The number of hydrogen-bond donors (Lipinski definition) is 1. The Hall–Kier alpha value is -1.59. The zero-order valence-electron chi connectivity index (χ0n) is 13.5. The summed E-state index contributed by atoms with van der Waals surface area (Å²) in [6, 6.07) is 0.260. The predicted molar refractivity (Wildman–Crippen MR) is 81.1 cm³/mol. The molecule has 6 nitrogen and oxygen atoms in total. The number of amides is 2. The van der Waals surface area contributed by atoms with Crippen LogP contribution < -0.4 is 0 Å². The summed E-state index contributed by atoms with van der Waals surface area (Å²) in [5.41, 5.74) is 0. The van der Waals surface area contributed by atoms with Gasteiger partial charge in [0.05, 0.1) is 5.92 Å². The smallest absolute Gasteiger partial charge is 0.323 e. The highest BCUT2D eigenvalue weighted by Crippen LogP contribution is 2.31. The number of hydrogen-bond acceptors (Lipinski definition) is 3. The maximum atomic E-state index is 12.4. The van der Waals surface area contributed by atoms with Gasteiger partial charge in [0.25, 0.3) is 0 Å². The quantitative estimate of drug-likeness (QED) is 0.831. The fourth-order valence-corrected chi connectivity index (χ4v) is 3.57. The standard InChI is InChI=1S/C16H26N2O4/c1-3-17(10-15(20)21)16(22)12-8-14(19)18(9-12)13-6-4-11(2)5-7-13/h11-13H,3-10H2,1-2H3,(H,20,21). The lowest BCUT2D eigenvalue weighted by Gasteiger charge is -2.33. The first-order valence-corrected chi connectivity index (χ1v) is 8.22. The van der Waals surface area contributed by atoms with E-state index in [4.69, 9.17) is 5.11 Å². The third kappa shape index (κ3) is 3.78. The van der Waals surface area contributed by atoms with Crippen molar-refractivity contribution in [3.63, 3.8) is 0 Å². The van der Waals surface area contributed by atoms with E-state index < -0.39 is 5.97 Å². The van der Waals surface area contributed by atoms with Gasteiger partial charge in [-0.2, -0.15) is 0 Å². The van der Waals surface area contributed by atoms with Crippen molar-refractivity contribution >= 4 is 17.8 Å². The average molecular weight is 310 g/mol. The number of aliphatic carboxylic acids is 1. The SMILES string of the molecule is CCN(CC(=O)O)C(=O)C1CC(=O)N(C2CCC(C)CC2)C1. The van der Waals surface area contributed by atoms with Crippen LogP contribution >= 0.6 is 0 Å². The molecule has 124 valence electrons. The second-order valence-electron chi connectivity index (χ2n) is 6.61. The molecule has 0 aromatic carbocycles. The Kier molecular flexibility index (Phi) is 5.42. The monoisotopic (exact) mass is 310 g/mol. The van der Waals surface area contributed by atoms with Crippen molar-refractivity contribution in [2.75, 3.05) is 19.6 Å². The molecule has 2 aliphatic rings. The minimum atomic E-state index is -1.02. The molecule has 6 heteroatoms. The van der Waals surface area contributed by atoms with E-state index in [2.05, 4.69) is 6.92 Å². The molecule has 1 N–H and O–H groups in total. The van der Waals surface area contributed by atoms with E-state index in [-0.39, 0.29) is 36.7 Å². The normalized spacial score (nSPS) is 28.7. The predicted octanol–water partition coefficient (Wildman–Crippen LogP) is 1.35. The van der Waals surface area contributed by atoms with E-state index in [1.54, 1.807) is 6.92 Å². The molecule has 0 spiro atoms. The molecule has 2 fully saturated rings. The number of carboxylic acids is 1. The molecular formula is C16H26N2O4. The van der Waals surface area contributed by atoms with E-state index in [0.29, 0.717) is 13.1 Å². The zero-order chi connectivity index (χ0) is 16.3. The van der Waals surface area contributed by atoms with Crippen molar-refractivity contribution in [2.45, 2.75) is 52.0 Å². The van der Waals surface area contributed by atoms with Crippen LogP contribution in [0.1, 0.15) is 46.0 Å². The van der Waals surface area contributed by atoms with Crippen LogP contribution in [0.15, 0.2) is 0 Å². The molecule has 1 heterocycles. The van der Waals surface area contributed by atoms with E-state index in [9.17, 15) is 14.4 Å². The largest absolute Gasteiger partial charge is 0.480 e. The van der Waals surface area contributed by atoms with Crippen molar-refractivity contribution in [3.05, 3.63) is 0 Å². The number of carboxylic acid groups (broad SMARTS) is 1. The summed E-state index contributed by atoms with van der Waals surface area (Å²) >= 11 is 0. The molecule has 1 atom stereocenters. The second kappa shape index (κ2) is 7.11. The van der Waals surface area contributed by atoms with Crippen molar-refractivity contribution in [1.29, 1.82) is 0 Å². The molecule has 1 saturated carbocycles. The van der Waals surface area contributed by atoms with Gasteiger partial charge in [0, 0.05) is 25.6 Å². The summed E-state index contributed by atoms with van der Waals surface area (Å²) in [5, 5.41) is 8.87. The number of carbonyl (C=O) groups excluding carboxylic acids is 2. The van der Waals surface area contributed by atoms with Gasteiger partial charge in [-0.3, -0.25) is 14.4 Å². The highest BCUT2D eigenvalue weighted by Gasteiger charge is 2.40. The van der Waals surface area contributed by atoms with Gasteiger partial charge in [0.15, 0.2) is 0 Å². The van der Waals surface area contributed by atoms with Crippen LogP contribution in [-0.4, -0.2) is 58.4 Å². The molecule has 0 bridgehead atoms. The molecule has 1 aliphatic carbocycles. The van der Waals surface area contributed by atoms with E-state index in [0.717, 1.165) is 31.6 Å². The van der Waals surface area contributed by atoms with Gasteiger partial charge in [-0.05, 0) is 38.5 Å². The van der Waals surface area contributed by atoms with Crippen LogP contribution in [0.4, 0.5) is 0 Å². The minimum absolute atomic E-state index is 0.0456. The first kappa shape index (κ1) is 16.8. The maximum absolute atomic E-state index is 12.4. The van der Waals surface area contributed by atoms with Crippen LogP contribution in [0.25, 0.3) is 0 Å². The van der Waals surface area contributed by atoms with E-state index in [1.165, 1.54) is 4.90 Å². The topological polar surface area (TPSA) is 77.9 Å². The highest BCUT2D eigenvalue weighted by molar-refractivity contribution is 5.90. The Morgan fingerprint density at radius 3 is 2.45 bits per heavy atom. The number of nitrogens with zero attached hydrogens (tertiary/aromatic N) is 2. The summed E-state index contributed by atoms with van der Waals surface area (Å²) in [4.78, 5) is 38.7. The molecule has 0 radical (unpaired) electrons. The Morgan fingerprint density at radius 2 is 1.91 bits per heavy atom. The van der Waals surface area contributed by atoms with Crippen LogP contribution in [0.3, 0.4) is 0 Å². The molecule has 1 aliphatic heterocycles. The summed E-state index contributed by atoms with van der Waals surface area (Å²) in [6.07, 6.45) is 4.52. The summed E-state index contributed by atoms with van der Waals surface area (Å²) in [7, 11) is 0. The van der Waals surface area contributed by atoms with Gasteiger partial charge in [-0.25, -0.2) is 0 Å². The molecule has 0 aromatic heterocycles. The molecule has 22 heavy (non-hydrogen) atoms. The second-order valence-corrected chi connectivity index (χ2v) is 6.61. The molecule has 2 rings (SSSR count). The number of rotatable bonds is 5. The summed E-state index contributed by atoms with van der Waals surface area (Å²) in [5.74, 6) is -0.837. The Bertz CT molecular complexity index is 443. The Labute approximate surface area is 131 Å². The van der Waals surface area contributed by atoms with Gasteiger partial charge in [-0.15, -0.1) is 0 Å². The third-order valence-electron chi connectivity index (χ3n) is 4.95. The highest BCUT2D eigenvalue weighted by atomic mass is 16.4. The molecule has 1 saturated heterocycles. The van der Waals surface area contributed by atoms with Gasteiger partial charge in [0.2, 0.25) is 11.8 Å². The van der Waals surface area contributed by atoms with Crippen LogP contribution in [0.2, 0.25) is 0 Å². The zero-order valence-corrected chi connectivity index (χ0v) is 13.5. The molecule has 1 unspecified atom stereocenters. The number of carbonyl (C=O) groups is 3. The fourth-order valence-electron chi connectivity index (χ4n) is 3.57. The van der Waals surface area contributed by atoms with E-state index in [1.807, 2.05) is 4.90 Å². The summed E-state index contributed by atoms with van der Waals surface area (Å²) in [6.45, 7) is 4.52. The lowest BCUT2D eigenvalue weighted by Crippen LogP contribution is -2.42. The van der Waals surface area contributed by atoms with Crippen molar-refractivity contribution < 1.29 is 19.5 Å². The first-order valence-electron chi connectivity index (χ1n) is 8.22. The molecule has 0 aromatic rings. The number of likely N-dealkylation sites (N-methyl/N-ethyl adjacent to an activating group) is 1. The van der Waals surface area contributed by atoms with Gasteiger partial charge < -0.3 is 14.9 Å². The Balaban J connectivity index is 1.96. The molecule has 2 amide bonds. The van der Waals surface area contributed by atoms with Gasteiger partial charge in [-0.1, -0.05) is 6.92 Å². The fraction of sp³-hybridized carbons (Fsp3) is 0.812. The maximum Gasteiger partial charge on any atom is 0.323 e. The minimum Gasteiger partial charge on any atom is -0.480 e. The number of likely N-dealkylation sites (tertiary alicyclic amines) is 1. The summed E-state index contributed by atoms with van der Waals surface area (Å²) < 4.78 is 0. The first-order chi connectivity index (χ1) is 10.4. The van der Waals surface area contributed by atoms with Crippen LogP contribution in [0, 0.1) is 11.8 Å². The van der Waals surface area contributed by atoms with Crippen molar-refractivity contribution in [2.24, 2.45) is 11.8 Å².